The van der Waals surface area contributed by atoms with E-state index in [0.717, 1.165) is 15.9 Å². The van der Waals surface area contributed by atoms with Gasteiger partial charge in [-0.15, -0.1) is 0 Å². The molecule has 3 aromatic carbocycles. The van der Waals surface area contributed by atoms with E-state index in [0.29, 0.717) is 18.7 Å². The van der Waals surface area contributed by atoms with Gasteiger partial charge in [-0.25, -0.2) is 8.42 Å². The highest BCUT2D eigenvalue weighted by Gasteiger charge is 2.26. The Morgan fingerprint density at radius 1 is 0.875 bits per heavy atom. The lowest BCUT2D eigenvalue weighted by molar-refractivity contribution is -0.122. The van der Waals surface area contributed by atoms with Crippen molar-refractivity contribution in [3.8, 4) is 0 Å². The Hall–Kier alpha value is -3.27. The summed E-state index contributed by atoms with van der Waals surface area (Å²) in [5.74, 6) is 0.338. The summed E-state index contributed by atoms with van der Waals surface area (Å²) in [6.45, 7) is 0.757. The molecule has 164 valence electrons. The molecule has 0 saturated heterocycles. The van der Waals surface area contributed by atoms with E-state index in [9.17, 15) is 13.2 Å². The summed E-state index contributed by atoms with van der Waals surface area (Å²) < 4.78 is 33.7. The number of nitrogens with one attached hydrogen (secondary N) is 3. The lowest BCUT2D eigenvalue weighted by Crippen LogP contribution is -2.41. The molecule has 4 rings (SSSR count). The Kier molecular flexibility index (Phi) is 6.79. The van der Waals surface area contributed by atoms with E-state index in [4.69, 9.17) is 0 Å². The normalized spacial score (nSPS) is 12.4. The van der Waals surface area contributed by atoms with E-state index in [-0.39, 0.29) is 4.90 Å². The third kappa shape index (κ3) is 5.13. The molecule has 9 heteroatoms. The highest BCUT2D eigenvalue weighted by Crippen LogP contribution is 2.25. The molecular weight excluding hydrogens is 444 g/mol. The molecule has 1 atom stereocenters. The van der Waals surface area contributed by atoms with Gasteiger partial charge in [0, 0.05) is 18.5 Å². The Labute approximate surface area is 190 Å². The minimum Gasteiger partial charge on any atom is -0.367 e. The number of anilines is 1. The highest BCUT2D eigenvalue weighted by molar-refractivity contribution is 7.89. The summed E-state index contributed by atoms with van der Waals surface area (Å²) in [7, 11) is -3.88. The molecular formula is C23H22N4O3S2. The predicted octanol–water partition coefficient (Wildman–Crippen LogP) is 3.54. The Morgan fingerprint density at radius 3 is 2.28 bits per heavy atom. The van der Waals surface area contributed by atoms with Crippen molar-refractivity contribution < 1.29 is 13.2 Å². The van der Waals surface area contributed by atoms with E-state index in [1.165, 1.54) is 23.7 Å². The molecule has 0 radical (unpaired) electrons. The minimum atomic E-state index is -3.88. The van der Waals surface area contributed by atoms with E-state index >= 15 is 0 Å². The second-order valence-corrected chi connectivity index (χ2v) is 9.54. The van der Waals surface area contributed by atoms with Crippen molar-refractivity contribution in [1.29, 1.82) is 0 Å². The Bertz CT molecular complexity index is 1290. The first-order valence-electron chi connectivity index (χ1n) is 10.0. The largest absolute Gasteiger partial charge is 0.367 e. The zero-order chi connectivity index (χ0) is 22.4. The van der Waals surface area contributed by atoms with Gasteiger partial charge < -0.3 is 10.6 Å². The molecule has 0 aliphatic heterocycles. The second-order valence-electron chi connectivity index (χ2n) is 7.02. The van der Waals surface area contributed by atoms with E-state index in [1.54, 1.807) is 42.5 Å². The maximum atomic E-state index is 12.9. The zero-order valence-electron chi connectivity index (χ0n) is 17.1. The molecule has 3 N–H and O–H groups in total. The first-order chi connectivity index (χ1) is 15.5. The number of fused-ring (bicyclic) bond motifs is 1. The summed E-state index contributed by atoms with van der Waals surface area (Å²) in [5.41, 5.74) is 0.558. The van der Waals surface area contributed by atoms with Crippen molar-refractivity contribution in [2.24, 2.45) is 0 Å². The molecule has 1 aromatic heterocycles. The fourth-order valence-electron chi connectivity index (χ4n) is 3.22. The van der Waals surface area contributed by atoms with Crippen LogP contribution in [0.1, 0.15) is 11.6 Å². The molecule has 0 spiro atoms. The summed E-state index contributed by atoms with van der Waals surface area (Å²) in [4.78, 5) is 13.0. The first kappa shape index (κ1) is 21.9. The summed E-state index contributed by atoms with van der Waals surface area (Å²) in [5, 5.41) is 7.06. The standard InChI is InChI=1S/C23H22N4O3S2/c28-23(25-16-15-24-22-19-13-7-8-14-20(19)31-26-22)21(17-9-3-1-4-10-17)27-32(29,30)18-11-5-2-6-12-18/h1-14,21,27H,15-16H2,(H,24,26)(H,25,28)/t21-/m0/s1. The molecule has 0 aliphatic carbocycles. The van der Waals surface area contributed by atoms with Gasteiger partial charge in [0.05, 0.1) is 9.60 Å². The van der Waals surface area contributed by atoms with Crippen molar-refractivity contribution in [2.45, 2.75) is 10.9 Å². The average molecular weight is 467 g/mol. The molecule has 32 heavy (non-hydrogen) atoms. The molecule has 0 saturated carbocycles. The number of hydrogen-bond donors (Lipinski definition) is 3. The summed E-state index contributed by atoms with van der Waals surface area (Å²) in [6.07, 6.45) is 0. The molecule has 1 amide bonds. The van der Waals surface area contributed by atoms with Crippen molar-refractivity contribution in [2.75, 3.05) is 18.4 Å². The first-order valence-corrected chi connectivity index (χ1v) is 12.3. The van der Waals surface area contributed by atoms with Crippen LogP contribution in [0, 0.1) is 0 Å². The number of benzene rings is 3. The number of hydrogen-bond acceptors (Lipinski definition) is 6. The van der Waals surface area contributed by atoms with Gasteiger partial charge in [-0.05, 0) is 41.4 Å². The van der Waals surface area contributed by atoms with Crippen LogP contribution >= 0.6 is 11.5 Å². The second kappa shape index (κ2) is 9.90. The van der Waals surface area contributed by atoms with E-state index < -0.39 is 22.0 Å². The van der Waals surface area contributed by atoms with Crippen LogP contribution in [0.4, 0.5) is 5.82 Å². The molecule has 0 bridgehead atoms. The minimum absolute atomic E-state index is 0.103. The third-order valence-corrected chi connectivity index (χ3v) is 7.08. The third-order valence-electron chi connectivity index (χ3n) is 4.82. The number of carbonyl (C=O) groups is 1. The summed E-state index contributed by atoms with van der Waals surface area (Å²) in [6, 6.07) is 23.6. The van der Waals surface area contributed by atoms with E-state index in [2.05, 4.69) is 19.7 Å². The quantitative estimate of drug-likeness (QED) is 0.328. The molecule has 1 heterocycles. The fraction of sp³-hybridized carbons (Fsp3) is 0.130. The molecule has 7 nitrogen and oxygen atoms in total. The zero-order valence-corrected chi connectivity index (χ0v) is 18.7. The van der Waals surface area contributed by atoms with Crippen LogP contribution in [0.15, 0.2) is 89.8 Å². The van der Waals surface area contributed by atoms with Crippen molar-refractivity contribution in [3.05, 3.63) is 90.5 Å². The van der Waals surface area contributed by atoms with Gasteiger partial charge in [0.2, 0.25) is 15.9 Å². The van der Waals surface area contributed by atoms with Gasteiger partial charge in [0.25, 0.3) is 0 Å². The topological polar surface area (TPSA) is 100 Å². The van der Waals surface area contributed by atoms with Crippen LogP contribution in [-0.4, -0.2) is 31.8 Å². The van der Waals surface area contributed by atoms with Gasteiger partial charge >= 0.3 is 0 Å². The van der Waals surface area contributed by atoms with Crippen molar-refractivity contribution in [3.63, 3.8) is 0 Å². The maximum Gasteiger partial charge on any atom is 0.242 e. The molecule has 0 aliphatic rings. The van der Waals surface area contributed by atoms with Crippen LogP contribution in [0.5, 0.6) is 0 Å². The monoisotopic (exact) mass is 466 g/mol. The lowest BCUT2D eigenvalue weighted by atomic mass is 10.1. The van der Waals surface area contributed by atoms with Crippen molar-refractivity contribution >= 4 is 43.4 Å². The number of nitrogens with zero attached hydrogens (tertiary/aromatic N) is 1. The predicted molar refractivity (Wildman–Crippen MR) is 127 cm³/mol. The van der Waals surface area contributed by atoms with Gasteiger partial charge in [-0.2, -0.15) is 9.10 Å². The van der Waals surface area contributed by atoms with Gasteiger partial charge in [-0.3, -0.25) is 4.79 Å². The maximum absolute atomic E-state index is 12.9. The number of sulfonamides is 1. The van der Waals surface area contributed by atoms with Gasteiger partial charge in [0.15, 0.2) is 0 Å². The van der Waals surface area contributed by atoms with Crippen LogP contribution in [0.2, 0.25) is 0 Å². The van der Waals surface area contributed by atoms with Crippen LogP contribution in [0.25, 0.3) is 10.1 Å². The molecule has 4 aromatic rings. The lowest BCUT2D eigenvalue weighted by Gasteiger charge is -2.19. The van der Waals surface area contributed by atoms with Crippen LogP contribution in [-0.2, 0) is 14.8 Å². The van der Waals surface area contributed by atoms with Crippen LogP contribution < -0.4 is 15.4 Å². The molecule has 0 fully saturated rings. The number of aromatic nitrogens is 1. The average Bonchev–Trinajstić information content (AvgIpc) is 3.24. The van der Waals surface area contributed by atoms with Crippen LogP contribution in [0.3, 0.4) is 0 Å². The fourth-order valence-corrected chi connectivity index (χ4v) is 5.18. The molecule has 0 unspecified atom stereocenters. The highest BCUT2D eigenvalue weighted by atomic mass is 32.2. The number of carbonyl (C=O) groups excluding carboxylic acids is 1. The smallest absolute Gasteiger partial charge is 0.242 e. The number of amides is 1. The van der Waals surface area contributed by atoms with Gasteiger partial charge in [-0.1, -0.05) is 60.7 Å². The number of rotatable bonds is 9. The summed E-state index contributed by atoms with van der Waals surface area (Å²) >= 11 is 1.41. The van der Waals surface area contributed by atoms with E-state index in [1.807, 2.05) is 30.3 Å². The Morgan fingerprint density at radius 2 is 1.53 bits per heavy atom. The Balaban J connectivity index is 1.42. The van der Waals surface area contributed by atoms with Gasteiger partial charge in [0.1, 0.15) is 11.9 Å². The SMILES string of the molecule is O=C(NCCNc1nsc2ccccc12)[C@@H](NS(=O)(=O)c1ccccc1)c1ccccc1. The van der Waals surface area contributed by atoms with Crippen molar-refractivity contribution in [1.82, 2.24) is 14.4 Å².